The van der Waals surface area contributed by atoms with Gasteiger partial charge in [-0.05, 0) is 6.92 Å². The van der Waals surface area contributed by atoms with Gasteiger partial charge in [0.25, 0.3) is 0 Å². The molecule has 14 heavy (non-hydrogen) atoms. The third-order valence-corrected chi connectivity index (χ3v) is 2.39. The SMILES string of the molecule is Cn1cc(CN2CC(C)(N)C2)oc1=O. The number of nitrogens with two attached hydrogens (primary N) is 1. The highest BCUT2D eigenvalue weighted by atomic mass is 16.4. The Bertz CT molecular complexity index is 383. The summed E-state index contributed by atoms with van der Waals surface area (Å²) < 4.78 is 6.45. The lowest BCUT2D eigenvalue weighted by molar-refractivity contribution is 0.0690. The Morgan fingerprint density at radius 2 is 2.29 bits per heavy atom. The molecule has 0 aromatic carbocycles. The summed E-state index contributed by atoms with van der Waals surface area (Å²) in [5, 5.41) is 0. The van der Waals surface area contributed by atoms with Crippen molar-refractivity contribution in [3.63, 3.8) is 0 Å². The first-order valence-electron chi connectivity index (χ1n) is 4.63. The van der Waals surface area contributed by atoms with E-state index in [1.807, 2.05) is 6.92 Å². The van der Waals surface area contributed by atoms with E-state index in [9.17, 15) is 4.79 Å². The zero-order valence-corrected chi connectivity index (χ0v) is 8.49. The van der Waals surface area contributed by atoms with Crippen molar-refractivity contribution in [2.75, 3.05) is 13.1 Å². The summed E-state index contributed by atoms with van der Waals surface area (Å²) >= 11 is 0. The zero-order chi connectivity index (χ0) is 10.3. The fourth-order valence-corrected chi connectivity index (χ4v) is 1.86. The van der Waals surface area contributed by atoms with E-state index in [1.54, 1.807) is 13.2 Å². The lowest BCUT2D eigenvalue weighted by atomic mass is 9.94. The van der Waals surface area contributed by atoms with Crippen molar-refractivity contribution < 1.29 is 4.42 Å². The molecule has 0 bridgehead atoms. The molecule has 0 unspecified atom stereocenters. The van der Waals surface area contributed by atoms with Gasteiger partial charge in [-0.2, -0.15) is 0 Å². The summed E-state index contributed by atoms with van der Waals surface area (Å²) in [4.78, 5) is 13.2. The van der Waals surface area contributed by atoms with E-state index in [-0.39, 0.29) is 11.3 Å². The maximum atomic E-state index is 11.0. The van der Waals surface area contributed by atoms with E-state index in [2.05, 4.69) is 4.90 Å². The number of rotatable bonds is 2. The Morgan fingerprint density at radius 1 is 1.64 bits per heavy atom. The number of hydrogen-bond acceptors (Lipinski definition) is 4. The average Bonchev–Trinajstić information content (AvgIpc) is 2.27. The number of nitrogens with zero attached hydrogens (tertiary/aromatic N) is 2. The second-order valence-corrected chi connectivity index (χ2v) is 4.37. The van der Waals surface area contributed by atoms with E-state index in [0.29, 0.717) is 12.3 Å². The van der Waals surface area contributed by atoms with E-state index in [0.717, 1.165) is 13.1 Å². The van der Waals surface area contributed by atoms with Crippen LogP contribution in [0.4, 0.5) is 0 Å². The first-order valence-corrected chi connectivity index (χ1v) is 4.63. The first-order chi connectivity index (χ1) is 6.46. The summed E-state index contributed by atoms with van der Waals surface area (Å²) in [6.07, 6.45) is 1.72. The molecule has 0 saturated carbocycles. The molecule has 0 aliphatic carbocycles. The first kappa shape index (κ1) is 9.48. The quantitative estimate of drug-likeness (QED) is 0.695. The standard InChI is InChI=1S/C9H15N3O2/c1-9(10)5-12(6-9)4-7-3-11(2)8(13)14-7/h3H,4-6,10H2,1-2H3. The number of hydrogen-bond donors (Lipinski definition) is 1. The van der Waals surface area contributed by atoms with E-state index in [4.69, 9.17) is 10.2 Å². The molecule has 2 heterocycles. The summed E-state index contributed by atoms with van der Waals surface area (Å²) in [6, 6.07) is 0. The molecule has 0 radical (unpaired) electrons. The van der Waals surface area contributed by atoms with Crippen molar-refractivity contribution in [2.45, 2.75) is 19.0 Å². The Morgan fingerprint density at radius 3 is 2.71 bits per heavy atom. The lowest BCUT2D eigenvalue weighted by Crippen LogP contribution is -2.64. The van der Waals surface area contributed by atoms with Crippen molar-refractivity contribution in [3.05, 3.63) is 22.5 Å². The van der Waals surface area contributed by atoms with Crippen LogP contribution in [0.1, 0.15) is 12.7 Å². The van der Waals surface area contributed by atoms with Crippen LogP contribution in [-0.2, 0) is 13.6 Å². The minimum absolute atomic E-state index is 0.0743. The van der Waals surface area contributed by atoms with Gasteiger partial charge in [-0.3, -0.25) is 9.47 Å². The van der Waals surface area contributed by atoms with Crippen LogP contribution in [0.25, 0.3) is 0 Å². The van der Waals surface area contributed by atoms with Crippen molar-refractivity contribution >= 4 is 0 Å². The highest BCUT2D eigenvalue weighted by molar-refractivity contribution is 5.00. The number of aryl methyl sites for hydroxylation is 1. The smallest absolute Gasteiger partial charge is 0.412 e. The molecule has 1 aliphatic rings. The fraction of sp³-hybridized carbons (Fsp3) is 0.667. The minimum Gasteiger partial charge on any atom is -0.412 e. The van der Waals surface area contributed by atoms with Gasteiger partial charge in [-0.25, -0.2) is 4.79 Å². The Kier molecular flexibility index (Phi) is 2.01. The molecule has 0 spiro atoms. The normalized spacial score (nSPS) is 20.8. The molecule has 1 aliphatic heterocycles. The highest BCUT2D eigenvalue weighted by Gasteiger charge is 2.34. The highest BCUT2D eigenvalue weighted by Crippen LogP contribution is 2.19. The fourth-order valence-electron chi connectivity index (χ4n) is 1.86. The predicted octanol–water partition coefficient (Wildman–Crippen LogP) is -0.489. The molecule has 1 fully saturated rings. The van der Waals surface area contributed by atoms with Crippen molar-refractivity contribution in [1.29, 1.82) is 0 Å². The van der Waals surface area contributed by atoms with Gasteiger partial charge in [0.1, 0.15) is 5.76 Å². The molecule has 1 aromatic rings. The maximum absolute atomic E-state index is 11.0. The largest absolute Gasteiger partial charge is 0.418 e. The monoisotopic (exact) mass is 197 g/mol. The number of likely N-dealkylation sites (tertiary alicyclic amines) is 1. The van der Waals surface area contributed by atoms with E-state index in [1.165, 1.54) is 4.57 Å². The van der Waals surface area contributed by atoms with Gasteiger partial charge >= 0.3 is 5.76 Å². The molecule has 1 saturated heterocycles. The summed E-state index contributed by atoms with van der Waals surface area (Å²) in [5.41, 5.74) is 5.79. The topological polar surface area (TPSA) is 64.4 Å². The van der Waals surface area contributed by atoms with Gasteiger partial charge in [-0.1, -0.05) is 0 Å². The second kappa shape index (κ2) is 2.96. The van der Waals surface area contributed by atoms with Gasteiger partial charge in [0, 0.05) is 31.9 Å². The third-order valence-electron chi connectivity index (χ3n) is 2.39. The predicted molar refractivity (Wildman–Crippen MR) is 51.8 cm³/mol. The van der Waals surface area contributed by atoms with Crippen molar-refractivity contribution in [1.82, 2.24) is 9.47 Å². The third kappa shape index (κ3) is 1.73. The number of aromatic nitrogens is 1. The molecule has 1 aromatic heterocycles. The molecule has 5 nitrogen and oxygen atoms in total. The van der Waals surface area contributed by atoms with Crippen LogP contribution >= 0.6 is 0 Å². The number of oxazole rings is 1. The van der Waals surface area contributed by atoms with Crippen LogP contribution < -0.4 is 11.5 Å². The van der Waals surface area contributed by atoms with Crippen LogP contribution in [0.3, 0.4) is 0 Å². The van der Waals surface area contributed by atoms with Crippen LogP contribution in [0.5, 0.6) is 0 Å². The molecular weight excluding hydrogens is 182 g/mol. The lowest BCUT2D eigenvalue weighted by Gasteiger charge is -2.44. The van der Waals surface area contributed by atoms with Crippen molar-refractivity contribution in [3.8, 4) is 0 Å². The minimum atomic E-state index is -0.309. The van der Waals surface area contributed by atoms with Gasteiger partial charge < -0.3 is 10.2 Å². The molecule has 2 rings (SSSR count). The molecular formula is C9H15N3O2. The maximum Gasteiger partial charge on any atom is 0.418 e. The van der Waals surface area contributed by atoms with Gasteiger partial charge in [0.15, 0.2) is 0 Å². The molecule has 0 atom stereocenters. The Labute approximate surface area is 82.1 Å². The molecule has 78 valence electrons. The molecule has 5 heteroatoms. The summed E-state index contributed by atoms with van der Waals surface area (Å²) in [5.74, 6) is 0.393. The summed E-state index contributed by atoms with van der Waals surface area (Å²) in [7, 11) is 1.68. The summed E-state index contributed by atoms with van der Waals surface area (Å²) in [6.45, 7) is 4.39. The molecule has 0 amide bonds. The van der Waals surface area contributed by atoms with E-state index >= 15 is 0 Å². The Balaban J connectivity index is 1.97. The van der Waals surface area contributed by atoms with Crippen LogP contribution in [0.2, 0.25) is 0 Å². The van der Waals surface area contributed by atoms with Gasteiger partial charge in [0.05, 0.1) is 6.54 Å². The van der Waals surface area contributed by atoms with Gasteiger partial charge in [-0.15, -0.1) is 0 Å². The Hall–Kier alpha value is -1.07. The van der Waals surface area contributed by atoms with Crippen molar-refractivity contribution in [2.24, 2.45) is 12.8 Å². The van der Waals surface area contributed by atoms with Crippen LogP contribution in [-0.4, -0.2) is 28.1 Å². The van der Waals surface area contributed by atoms with E-state index < -0.39 is 0 Å². The second-order valence-electron chi connectivity index (χ2n) is 4.37. The average molecular weight is 197 g/mol. The van der Waals surface area contributed by atoms with Crippen LogP contribution in [0, 0.1) is 0 Å². The van der Waals surface area contributed by atoms with Gasteiger partial charge in [0.2, 0.25) is 0 Å². The molecule has 2 N–H and O–H groups in total. The zero-order valence-electron chi connectivity index (χ0n) is 8.49. The van der Waals surface area contributed by atoms with Crippen LogP contribution in [0.15, 0.2) is 15.4 Å².